The molecular formula is C18H18N4O3S2. The summed E-state index contributed by atoms with van der Waals surface area (Å²) in [4.78, 5) is 20.9. The summed E-state index contributed by atoms with van der Waals surface area (Å²) in [7, 11) is -2.95. The molecular weight excluding hydrogens is 384 g/mol. The number of carbonyl (C=O) groups excluding carboxylic acids is 1. The van der Waals surface area contributed by atoms with E-state index in [2.05, 4.69) is 20.6 Å². The lowest BCUT2D eigenvalue weighted by Gasteiger charge is -2.08. The number of rotatable bonds is 4. The molecule has 1 aromatic heterocycles. The van der Waals surface area contributed by atoms with E-state index in [4.69, 9.17) is 0 Å². The van der Waals surface area contributed by atoms with Crippen LogP contribution in [0, 0.1) is 0 Å². The molecule has 140 valence electrons. The molecule has 1 fully saturated rings. The van der Waals surface area contributed by atoms with Crippen molar-refractivity contribution in [3.05, 3.63) is 59.9 Å². The second-order valence-corrected chi connectivity index (χ2v) is 9.82. The fraction of sp³-hybridized carbons (Fsp3) is 0.278. The minimum atomic E-state index is -2.95. The zero-order chi connectivity index (χ0) is 18.9. The molecule has 27 heavy (non-hydrogen) atoms. The van der Waals surface area contributed by atoms with Crippen molar-refractivity contribution >= 4 is 38.4 Å². The third-order valence-corrected chi connectivity index (χ3v) is 7.51. The van der Waals surface area contributed by atoms with Gasteiger partial charge in [0, 0.05) is 22.7 Å². The molecule has 2 aliphatic rings. The van der Waals surface area contributed by atoms with Crippen molar-refractivity contribution in [2.75, 3.05) is 16.8 Å². The molecule has 0 saturated carbocycles. The Hall–Kier alpha value is -2.39. The standard InChI is InChI=1S/C18H18N4O3S2/c23-17(20-9-14-3-1-2-8-19-14)12-4-6-13(7-5-12)21-18-22-15-10-27(24,25)11-16(15)26-18/h1-8,15-16H,9-11H2,(H,20,23)(H,21,22)/t15-,16+/m1/s1. The van der Waals surface area contributed by atoms with E-state index >= 15 is 0 Å². The highest BCUT2D eigenvalue weighted by atomic mass is 32.2. The van der Waals surface area contributed by atoms with Crippen molar-refractivity contribution in [1.82, 2.24) is 10.3 Å². The number of benzene rings is 1. The Kier molecular flexibility index (Phi) is 4.88. The summed E-state index contributed by atoms with van der Waals surface area (Å²) >= 11 is 1.47. The quantitative estimate of drug-likeness (QED) is 0.807. The van der Waals surface area contributed by atoms with Gasteiger partial charge in [-0.05, 0) is 36.4 Å². The van der Waals surface area contributed by atoms with E-state index in [1.165, 1.54) is 11.8 Å². The van der Waals surface area contributed by atoms with E-state index < -0.39 is 9.84 Å². The van der Waals surface area contributed by atoms with Gasteiger partial charge in [-0.25, -0.2) is 8.42 Å². The Morgan fingerprint density at radius 3 is 2.67 bits per heavy atom. The SMILES string of the molecule is O=C(NCc1ccccn1)c1ccc(NC2=N[C@@H]3CS(=O)(=O)C[C@@H]3S2)cc1. The van der Waals surface area contributed by atoms with Crippen molar-refractivity contribution < 1.29 is 13.2 Å². The van der Waals surface area contributed by atoms with Gasteiger partial charge in [0.05, 0.1) is 29.8 Å². The van der Waals surface area contributed by atoms with E-state index in [0.29, 0.717) is 12.1 Å². The van der Waals surface area contributed by atoms with Crippen molar-refractivity contribution in [3.8, 4) is 0 Å². The van der Waals surface area contributed by atoms with E-state index in [1.54, 1.807) is 18.3 Å². The number of pyridine rings is 1. The van der Waals surface area contributed by atoms with Gasteiger partial charge in [0.1, 0.15) is 0 Å². The van der Waals surface area contributed by atoms with Crippen molar-refractivity contribution in [3.63, 3.8) is 0 Å². The number of nitrogens with one attached hydrogen (secondary N) is 2. The number of sulfone groups is 1. The summed E-state index contributed by atoms with van der Waals surface area (Å²) in [5.74, 6) is 0.150. The van der Waals surface area contributed by atoms with E-state index in [-0.39, 0.29) is 28.7 Å². The second kappa shape index (κ2) is 7.32. The van der Waals surface area contributed by atoms with Gasteiger partial charge in [-0.15, -0.1) is 0 Å². The molecule has 2 N–H and O–H groups in total. The molecule has 1 saturated heterocycles. The molecule has 1 amide bonds. The Balaban J connectivity index is 1.33. The maximum atomic E-state index is 12.2. The number of aliphatic imine (C=N–C) groups is 1. The highest BCUT2D eigenvalue weighted by Gasteiger charge is 2.42. The zero-order valence-corrected chi connectivity index (χ0v) is 16.0. The van der Waals surface area contributed by atoms with Crippen molar-refractivity contribution in [2.24, 2.45) is 4.99 Å². The summed E-state index contributed by atoms with van der Waals surface area (Å²) in [6, 6.07) is 12.5. The summed E-state index contributed by atoms with van der Waals surface area (Å²) in [5.41, 5.74) is 2.17. The topological polar surface area (TPSA) is 101 Å². The van der Waals surface area contributed by atoms with Crippen LogP contribution in [0.1, 0.15) is 16.1 Å². The first-order valence-corrected chi connectivity index (χ1v) is 11.2. The molecule has 4 rings (SSSR count). The minimum absolute atomic E-state index is 0.00847. The van der Waals surface area contributed by atoms with Crippen LogP contribution in [0.2, 0.25) is 0 Å². The van der Waals surface area contributed by atoms with Gasteiger partial charge in [0.15, 0.2) is 15.0 Å². The lowest BCUT2D eigenvalue weighted by Crippen LogP contribution is -2.23. The molecule has 3 heterocycles. The van der Waals surface area contributed by atoms with Gasteiger partial charge in [0.25, 0.3) is 5.91 Å². The number of nitrogens with zero attached hydrogens (tertiary/aromatic N) is 2. The predicted octanol–water partition coefficient (Wildman–Crippen LogP) is 1.69. The number of amides is 1. The number of carbonyl (C=O) groups is 1. The Morgan fingerprint density at radius 1 is 1.15 bits per heavy atom. The van der Waals surface area contributed by atoms with Gasteiger partial charge < -0.3 is 10.6 Å². The number of amidine groups is 1. The number of fused-ring (bicyclic) bond motifs is 1. The number of thioether (sulfide) groups is 1. The largest absolute Gasteiger partial charge is 0.346 e. The molecule has 0 aliphatic carbocycles. The van der Waals surface area contributed by atoms with Gasteiger partial charge in [-0.3, -0.25) is 14.8 Å². The van der Waals surface area contributed by atoms with Crippen LogP contribution in [0.15, 0.2) is 53.7 Å². The van der Waals surface area contributed by atoms with Crippen LogP contribution in [0.5, 0.6) is 0 Å². The number of aromatic nitrogens is 1. The van der Waals surface area contributed by atoms with Crippen LogP contribution in [-0.2, 0) is 16.4 Å². The van der Waals surface area contributed by atoms with Crippen LogP contribution >= 0.6 is 11.8 Å². The molecule has 1 aromatic carbocycles. The highest BCUT2D eigenvalue weighted by molar-refractivity contribution is 8.15. The lowest BCUT2D eigenvalue weighted by atomic mass is 10.2. The molecule has 0 bridgehead atoms. The van der Waals surface area contributed by atoms with E-state index in [1.807, 2.05) is 30.3 Å². The molecule has 9 heteroatoms. The summed E-state index contributed by atoms with van der Waals surface area (Å²) < 4.78 is 23.2. The van der Waals surface area contributed by atoms with Gasteiger partial charge in [-0.2, -0.15) is 0 Å². The lowest BCUT2D eigenvalue weighted by molar-refractivity contribution is 0.0950. The smallest absolute Gasteiger partial charge is 0.251 e. The van der Waals surface area contributed by atoms with E-state index in [0.717, 1.165) is 16.5 Å². The third-order valence-electron chi connectivity index (χ3n) is 4.37. The Labute approximate surface area is 161 Å². The first-order chi connectivity index (χ1) is 13.0. The summed E-state index contributed by atoms with van der Waals surface area (Å²) in [6.07, 6.45) is 1.69. The average molecular weight is 403 g/mol. The number of hydrogen-bond donors (Lipinski definition) is 2. The van der Waals surface area contributed by atoms with Crippen LogP contribution < -0.4 is 10.6 Å². The summed E-state index contributed by atoms with van der Waals surface area (Å²) in [5, 5.41) is 6.77. The van der Waals surface area contributed by atoms with Crippen LogP contribution in [0.3, 0.4) is 0 Å². The maximum Gasteiger partial charge on any atom is 0.251 e. The van der Waals surface area contributed by atoms with Gasteiger partial charge in [-0.1, -0.05) is 17.8 Å². The molecule has 0 unspecified atom stereocenters. The molecule has 2 aliphatic heterocycles. The van der Waals surface area contributed by atoms with E-state index in [9.17, 15) is 13.2 Å². The van der Waals surface area contributed by atoms with Crippen LogP contribution in [0.25, 0.3) is 0 Å². The highest BCUT2D eigenvalue weighted by Crippen LogP contribution is 2.34. The van der Waals surface area contributed by atoms with Crippen LogP contribution in [0.4, 0.5) is 5.69 Å². The Morgan fingerprint density at radius 2 is 1.96 bits per heavy atom. The Bertz CT molecular complexity index is 975. The second-order valence-electron chi connectivity index (χ2n) is 6.44. The number of anilines is 1. The molecule has 0 radical (unpaired) electrons. The molecule has 2 atom stereocenters. The maximum absolute atomic E-state index is 12.2. The summed E-state index contributed by atoms with van der Waals surface area (Å²) in [6.45, 7) is 0.374. The van der Waals surface area contributed by atoms with Crippen LogP contribution in [-0.4, -0.2) is 47.3 Å². The van der Waals surface area contributed by atoms with Gasteiger partial charge >= 0.3 is 0 Å². The van der Waals surface area contributed by atoms with Gasteiger partial charge in [0.2, 0.25) is 0 Å². The molecule has 7 nitrogen and oxygen atoms in total. The van der Waals surface area contributed by atoms with Crippen molar-refractivity contribution in [1.29, 1.82) is 0 Å². The monoisotopic (exact) mass is 402 g/mol. The van der Waals surface area contributed by atoms with Crippen molar-refractivity contribution in [2.45, 2.75) is 17.8 Å². The fourth-order valence-electron chi connectivity index (χ4n) is 3.02. The fourth-order valence-corrected chi connectivity index (χ4v) is 6.70. The first-order valence-electron chi connectivity index (χ1n) is 8.49. The molecule has 2 aromatic rings. The third kappa shape index (κ3) is 4.30. The average Bonchev–Trinajstić information content (AvgIpc) is 3.13. The predicted molar refractivity (Wildman–Crippen MR) is 107 cm³/mol. The minimum Gasteiger partial charge on any atom is -0.346 e. The molecule has 0 spiro atoms. The zero-order valence-electron chi connectivity index (χ0n) is 14.3. The normalized spacial score (nSPS) is 22.7. The number of hydrogen-bond acceptors (Lipinski definition) is 7. The first kappa shape index (κ1) is 18.0.